The van der Waals surface area contributed by atoms with Crippen molar-refractivity contribution in [3.8, 4) is 5.75 Å². The highest BCUT2D eigenvalue weighted by atomic mass is 79.9. The number of carbonyl (C=O) groups excluding carboxylic acids is 2. The molecule has 0 aromatic heterocycles. The number of fused-ring (bicyclic) bond motifs is 1. The first-order valence-electron chi connectivity index (χ1n) is 7.71. The normalized spacial score (nSPS) is 13.6. The molecule has 0 saturated carbocycles. The fraction of sp³-hybridized carbons (Fsp3) is 0.222. The third kappa shape index (κ3) is 3.94. The van der Waals surface area contributed by atoms with Gasteiger partial charge in [0.25, 0.3) is 0 Å². The number of carbonyl (C=O) groups is 2. The smallest absolute Gasteiger partial charge is 0.228 e. The van der Waals surface area contributed by atoms with Gasteiger partial charge in [-0.2, -0.15) is 0 Å². The van der Waals surface area contributed by atoms with Crippen LogP contribution in [0.2, 0.25) is 0 Å². The van der Waals surface area contributed by atoms with Crippen LogP contribution in [-0.4, -0.2) is 16.9 Å². The van der Waals surface area contributed by atoms with Crippen molar-refractivity contribution in [1.82, 2.24) is 0 Å². The van der Waals surface area contributed by atoms with Crippen LogP contribution in [0.4, 0.5) is 11.4 Å². The number of phenolic OH excluding ortho intramolecular Hbond substituents is 1. The largest absolute Gasteiger partial charge is 0.508 e. The molecule has 0 unspecified atom stereocenters. The van der Waals surface area contributed by atoms with Gasteiger partial charge in [-0.1, -0.05) is 22.0 Å². The van der Waals surface area contributed by atoms with Crippen LogP contribution in [-0.2, 0) is 22.4 Å². The highest BCUT2D eigenvalue weighted by Gasteiger charge is 2.14. The predicted molar refractivity (Wildman–Crippen MR) is 96.2 cm³/mol. The van der Waals surface area contributed by atoms with Crippen molar-refractivity contribution in [2.75, 3.05) is 10.6 Å². The van der Waals surface area contributed by atoms with Gasteiger partial charge in [-0.05, 0) is 48.7 Å². The molecule has 0 atom stereocenters. The van der Waals surface area contributed by atoms with E-state index < -0.39 is 0 Å². The van der Waals surface area contributed by atoms with E-state index in [1.807, 2.05) is 12.1 Å². The Morgan fingerprint density at radius 1 is 1.21 bits per heavy atom. The van der Waals surface area contributed by atoms with Crippen LogP contribution in [0.1, 0.15) is 24.0 Å². The number of phenols is 1. The maximum absolute atomic E-state index is 12.2. The summed E-state index contributed by atoms with van der Waals surface area (Å²) in [5, 5.41) is 15.6. The SMILES string of the molecule is O=C(Cc1ccc(Br)cc1O)Nc1ccc2c(c1)CCCC(=O)N2. The van der Waals surface area contributed by atoms with E-state index in [2.05, 4.69) is 26.6 Å². The van der Waals surface area contributed by atoms with E-state index >= 15 is 0 Å². The van der Waals surface area contributed by atoms with Gasteiger partial charge in [0.2, 0.25) is 11.8 Å². The molecule has 0 aliphatic carbocycles. The predicted octanol–water partition coefficient (Wildman–Crippen LogP) is 3.61. The Labute approximate surface area is 148 Å². The molecule has 2 aromatic rings. The summed E-state index contributed by atoms with van der Waals surface area (Å²) >= 11 is 3.27. The number of benzene rings is 2. The van der Waals surface area contributed by atoms with Gasteiger partial charge < -0.3 is 15.7 Å². The zero-order valence-corrected chi connectivity index (χ0v) is 14.5. The lowest BCUT2D eigenvalue weighted by molar-refractivity contribution is -0.116. The lowest BCUT2D eigenvalue weighted by Crippen LogP contribution is -2.15. The minimum Gasteiger partial charge on any atom is -0.508 e. The quantitative estimate of drug-likeness (QED) is 0.751. The number of aromatic hydroxyl groups is 1. The molecule has 124 valence electrons. The Bertz CT molecular complexity index is 805. The fourth-order valence-corrected chi connectivity index (χ4v) is 3.07. The van der Waals surface area contributed by atoms with Crippen molar-refractivity contribution >= 4 is 39.1 Å². The maximum Gasteiger partial charge on any atom is 0.228 e. The van der Waals surface area contributed by atoms with Gasteiger partial charge in [0.05, 0.1) is 6.42 Å². The van der Waals surface area contributed by atoms with Crippen molar-refractivity contribution in [2.45, 2.75) is 25.7 Å². The monoisotopic (exact) mass is 388 g/mol. The molecule has 2 amide bonds. The van der Waals surface area contributed by atoms with Crippen LogP contribution < -0.4 is 10.6 Å². The zero-order chi connectivity index (χ0) is 17.1. The second kappa shape index (κ2) is 7.05. The Morgan fingerprint density at radius 3 is 2.83 bits per heavy atom. The van der Waals surface area contributed by atoms with Gasteiger partial charge >= 0.3 is 0 Å². The lowest BCUT2D eigenvalue weighted by atomic mass is 10.1. The van der Waals surface area contributed by atoms with Gasteiger partial charge in [-0.25, -0.2) is 0 Å². The van der Waals surface area contributed by atoms with E-state index in [-0.39, 0.29) is 24.0 Å². The number of halogens is 1. The second-order valence-electron chi connectivity index (χ2n) is 5.77. The van der Waals surface area contributed by atoms with Crippen molar-refractivity contribution in [3.05, 3.63) is 52.0 Å². The van der Waals surface area contributed by atoms with Crippen molar-refractivity contribution in [3.63, 3.8) is 0 Å². The first-order chi connectivity index (χ1) is 11.5. The van der Waals surface area contributed by atoms with E-state index in [4.69, 9.17) is 0 Å². The third-order valence-electron chi connectivity index (χ3n) is 3.91. The van der Waals surface area contributed by atoms with Gasteiger partial charge in [0.15, 0.2) is 0 Å². The van der Waals surface area contributed by atoms with Gasteiger partial charge in [-0.15, -0.1) is 0 Å². The molecule has 0 spiro atoms. The molecule has 3 rings (SSSR count). The summed E-state index contributed by atoms with van der Waals surface area (Å²) in [6.07, 6.45) is 2.19. The summed E-state index contributed by atoms with van der Waals surface area (Å²) in [5.74, 6) is -0.0920. The Balaban J connectivity index is 1.70. The molecule has 24 heavy (non-hydrogen) atoms. The molecule has 5 nitrogen and oxygen atoms in total. The van der Waals surface area contributed by atoms with E-state index in [0.717, 1.165) is 28.6 Å². The molecule has 0 fully saturated rings. The zero-order valence-electron chi connectivity index (χ0n) is 12.9. The standard InChI is InChI=1S/C18H17BrN2O3/c19-13-5-4-12(16(22)10-13)9-18(24)20-14-6-7-15-11(8-14)2-1-3-17(23)21-15/h4-8,10,22H,1-3,9H2,(H,20,24)(H,21,23). The van der Waals surface area contributed by atoms with Crippen molar-refractivity contribution in [1.29, 1.82) is 0 Å². The molecule has 2 aromatic carbocycles. The molecule has 6 heteroatoms. The highest BCUT2D eigenvalue weighted by Crippen LogP contribution is 2.26. The third-order valence-corrected chi connectivity index (χ3v) is 4.40. The molecule has 0 bridgehead atoms. The summed E-state index contributed by atoms with van der Waals surface area (Å²) in [5.41, 5.74) is 3.08. The van der Waals surface area contributed by atoms with Crippen molar-refractivity contribution < 1.29 is 14.7 Å². The summed E-state index contributed by atoms with van der Waals surface area (Å²) in [4.78, 5) is 23.8. The summed E-state index contributed by atoms with van der Waals surface area (Å²) in [6.45, 7) is 0. The summed E-state index contributed by atoms with van der Waals surface area (Å²) in [6, 6.07) is 10.5. The van der Waals surface area contributed by atoms with Crippen LogP contribution in [0.5, 0.6) is 5.75 Å². The van der Waals surface area contributed by atoms with E-state index in [0.29, 0.717) is 17.7 Å². The molecular formula is C18H17BrN2O3. The number of aryl methyl sites for hydroxylation is 1. The van der Waals surface area contributed by atoms with Crippen molar-refractivity contribution in [2.24, 2.45) is 0 Å². The molecule has 1 aliphatic rings. The molecule has 0 saturated heterocycles. The minimum absolute atomic E-state index is 0.0243. The first-order valence-corrected chi connectivity index (χ1v) is 8.50. The maximum atomic E-state index is 12.2. The number of nitrogens with one attached hydrogen (secondary N) is 2. The number of hydrogen-bond acceptors (Lipinski definition) is 3. The summed E-state index contributed by atoms with van der Waals surface area (Å²) < 4.78 is 0.761. The lowest BCUT2D eigenvalue weighted by Gasteiger charge is -2.11. The topological polar surface area (TPSA) is 78.4 Å². The number of rotatable bonds is 3. The molecule has 0 radical (unpaired) electrons. The van der Waals surface area contributed by atoms with Crippen LogP contribution in [0.25, 0.3) is 0 Å². The average molecular weight is 389 g/mol. The van der Waals surface area contributed by atoms with Gasteiger partial charge in [0.1, 0.15) is 5.75 Å². The minimum atomic E-state index is -0.203. The molecule has 1 aliphatic heterocycles. The number of anilines is 2. The fourth-order valence-electron chi connectivity index (χ4n) is 2.72. The summed E-state index contributed by atoms with van der Waals surface area (Å²) in [7, 11) is 0. The van der Waals surface area contributed by atoms with Gasteiger partial charge in [-0.3, -0.25) is 9.59 Å². The Hall–Kier alpha value is -2.34. The highest BCUT2D eigenvalue weighted by molar-refractivity contribution is 9.10. The van der Waals surface area contributed by atoms with Gasteiger partial charge in [0, 0.05) is 27.8 Å². The van der Waals surface area contributed by atoms with Crippen LogP contribution >= 0.6 is 15.9 Å². The van der Waals surface area contributed by atoms with E-state index in [1.165, 1.54) is 0 Å². The number of hydrogen-bond donors (Lipinski definition) is 3. The van der Waals surface area contributed by atoms with Crippen LogP contribution in [0.3, 0.4) is 0 Å². The molecular weight excluding hydrogens is 372 g/mol. The first kappa shape index (κ1) is 16.5. The van der Waals surface area contributed by atoms with Crippen LogP contribution in [0.15, 0.2) is 40.9 Å². The Morgan fingerprint density at radius 2 is 2.04 bits per heavy atom. The second-order valence-corrected chi connectivity index (χ2v) is 6.69. The molecule has 3 N–H and O–H groups in total. The van der Waals surface area contributed by atoms with E-state index in [1.54, 1.807) is 24.3 Å². The van der Waals surface area contributed by atoms with E-state index in [9.17, 15) is 14.7 Å². The number of amides is 2. The Kier molecular flexibility index (Phi) is 4.85. The molecule has 1 heterocycles. The average Bonchev–Trinajstić information content (AvgIpc) is 2.70. The van der Waals surface area contributed by atoms with Crippen LogP contribution in [0, 0.1) is 0 Å².